The smallest absolute Gasteiger partial charge is 0.414 e. The van der Waals surface area contributed by atoms with E-state index in [9.17, 15) is 17.6 Å². The fourth-order valence-electron chi connectivity index (χ4n) is 5.15. The normalized spacial score (nSPS) is 29.7. The maximum atomic E-state index is 15.0. The Morgan fingerprint density at radius 2 is 1.84 bits per heavy atom. The van der Waals surface area contributed by atoms with Crippen molar-refractivity contribution in [1.82, 2.24) is 0 Å². The van der Waals surface area contributed by atoms with Gasteiger partial charge in [0.15, 0.2) is 5.79 Å². The van der Waals surface area contributed by atoms with Crippen LogP contribution in [0.2, 0.25) is 0 Å². The van der Waals surface area contributed by atoms with Crippen LogP contribution in [0.4, 0.5) is 20.6 Å². The van der Waals surface area contributed by atoms with Gasteiger partial charge >= 0.3 is 6.09 Å². The molecule has 1 aliphatic carbocycles. The molecule has 11 heteroatoms. The van der Waals surface area contributed by atoms with Gasteiger partial charge in [-0.15, -0.1) is 0 Å². The number of benzene rings is 1. The highest BCUT2D eigenvalue weighted by Crippen LogP contribution is 2.49. The summed E-state index contributed by atoms with van der Waals surface area (Å²) in [7, 11) is -3.64. The van der Waals surface area contributed by atoms with Crippen molar-refractivity contribution in [1.29, 1.82) is 0 Å². The minimum absolute atomic E-state index is 0.0864. The molecule has 4 fully saturated rings. The first-order valence-electron chi connectivity index (χ1n) is 10.4. The molecule has 5 rings (SSSR count). The van der Waals surface area contributed by atoms with E-state index < -0.39 is 33.9 Å². The zero-order valence-electron chi connectivity index (χ0n) is 17.2. The van der Waals surface area contributed by atoms with Crippen LogP contribution in [0, 0.1) is 17.7 Å². The minimum atomic E-state index is -3.64. The number of hydrogen-bond donors (Lipinski definition) is 0. The van der Waals surface area contributed by atoms with E-state index in [2.05, 4.69) is 0 Å². The van der Waals surface area contributed by atoms with Crippen molar-refractivity contribution in [3.63, 3.8) is 0 Å². The predicted molar refractivity (Wildman–Crippen MR) is 108 cm³/mol. The summed E-state index contributed by atoms with van der Waals surface area (Å²) < 4.78 is 58.7. The molecule has 31 heavy (non-hydrogen) atoms. The summed E-state index contributed by atoms with van der Waals surface area (Å²) in [6.45, 7) is 2.58. The van der Waals surface area contributed by atoms with Crippen LogP contribution in [0.1, 0.15) is 12.8 Å². The Morgan fingerprint density at radius 3 is 2.45 bits per heavy atom. The van der Waals surface area contributed by atoms with Gasteiger partial charge < -0.3 is 19.1 Å². The van der Waals surface area contributed by atoms with E-state index >= 15 is 0 Å². The lowest BCUT2D eigenvalue weighted by molar-refractivity contribution is -0.154. The zero-order chi connectivity index (χ0) is 21.8. The standard InChI is InChI=1S/C20H25FN2O7S/c1-31(25,26)29-12-16-11-23(19(24)30-16)15-2-3-18(17(21)6-15)22-9-13-7-20(8-14(13)10-22)27-4-5-28-20/h2-3,6,13-14,16H,4-5,7-12H2,1H3/t13?,14?,16-/m1/s1. The molecule has 3 atom stereocenters. The molecular weight excluding hydrogens is 431 g/mol. The summed E-state index contributed by atoms with van der Waals surface area (Å²) in [5.74, 6) is -0.0380. The van der Waals surface area contributed by atoms with Gasteiger partial charge in [-0.2, -0.15) is 8.42 Å². The highest BCUT2D eigenvalue weighted by molar-refractivity contribution is 7.85. The molecule has 0 N–H and O–H groups in total. The molecule has 1 saturated carbocycles. The van der Waals surface area contributed by atoms with Crippen LogP contribution in [-0.4, -0.2) is 72.1 Å². The quantitative estimate of drug-likeness (QED) is 0.619. The van der Waals surface area contributed by atoms with Crippen LogP contribution in [0.15, 0.2) is 18.2 Å². The molecule has 3 saturated heterocycles. The summed E-state index contributed by atoms with van der Waals surface area (Å²) in [4.78, 5) is 15.5. The van der Waals surface area contributed by atoms with Gasteiger partial charge in [-0.25, -0.2) is 9.18 Å². The number of carbonyl (C=O) groups excluding carboxylic acids is 1. The first-order chi connectivity index (χ1) is 14.7. The Hall–Kier alpha value is -1.95. The van der Waals surface area contributed by atoms with Crippen LogP contribution in [0.25, 0.3) is 0 Å². The topological polar surface area (TPSA) is 94.6 Å². The molecule has 1 spiro atoms. The Bertz CT molecular complexity index is 966. The van der Waals surface area contributed by atoms with Crippen molar-refractivity contribution in [3.8, 4) is 0 Å². The predicted octanol–water partition coefficient (Wildman–Crippen LogP) is 1.72. The number of hydrogen-bond acceptors (Lipinski definition) is 8. The van der Waals surface area contributed by atoms with Crippen molar-refractivity contribution >= 4 is 27.6 Å². The second kappa shape index (κ2) is 7.58. The van der Waals surface area contributed by atoms with Gasteiger partial charge in [0, 0.05) is 25.9 Å². The third-order valence-electron chi connectivity index (χ3n) is 6.46. The fourth-order valence-corrected chi connectivity index (χ4v) is 5.55. The Morgan fingerprint density at radius 1 is 1.16 bits per heavy atom. The summed E-state index contributed by atoms with van der Waals surface area (Å²) in [5.41, 5.74) is 0.865. The van der Waals surface area contributed by atoms with Crippen molar-refractivity contribution in [2.24, 2.45) is 11.8 Å². The number of ether oxygens (including phenoxy) is 3. The van der Waals surface area contributed by atoms with E-state index in [1.807, 2.05) is 4.90 Å². The number of anilines is 2. The summed E-state index contributed by atoms with van der Waals surface area (Å²) in [5, 5.41) is 0. The van der Waals surface area contributed by atoms with E-state index in [-0.39, 0.29) is 13.2 Å². The van der Waals surface area contributed by atoms with E-state index in [1.165, 1.54) is 11.0 Å². The van der Waals surface area contributed by atoms with Gasteiger partial charge in [0.1, 0.15) is 18.5 Å². The minimum Gasteiger partial charge on any atom is -0.441 e. The average molecular weight is 456 g/mol. The van der Waals surface area contributed by atoms with E-state index in [0.29, 0.717) is 36.4 Å². The van der Waals surface area contributed by atoms with Gasteiger partial charge in [-0.05, 0) is 30.0 Å². The molecule has 0 bridgehead atoms. The lowest BCUT2D eigenvalue weighted by atomic mass is 10.0. The van der Waals surface area contributed by atoms with Crippen molar-refractivity contribution < 1.29 is 36.0 Å². The number of carbonyl (C=O) groups is 1. The molecular formula is C20H25FN2O7S. The third-order valence-corrected chi connectivity index (χ3v) is 7.03. The molecule has 9 nitrogen and oxygen atoms in total. The van der Waals surface area contributed by atoms with E-state index in [4.69, 9.17) is 18.4 Å². The van der Waals surface area contributed by atoms with E-state index in [0.717, 1.165) is 32.2 Å². The number of rotatable bonds is 5. The first kappa shape index (κ1) is 20.9. The summed E-state index contributed by atoms with van der Waals surface area (Å²) >= 11 is 0. The van der Waals surface area contributed by atoms with Gasteiger partial charge in [0.05, 0.1) is 37.4 Å². The SMILES string of the molecule is CS(=O)(=O)OC[C@H]1CN(c2ccc(N3CC4CC5(CC4C3)OCCO5)c(F)c2)C(=O)O1. The number of cyclic esters (lactones) is 1. The fraction of sp³-hybridized carbons (Fsp3) is 0.650. The molecule has 0 aromatic heterocycles. The number of fused-ring (bicyclic) bond motifs is 1. The largest absolute Gasteiger partial charge is 0.441 e. The highest BCUT2D eigenvalue weighted by atomic mass is 32.2. The molecule has 0 radical (unpaired) electrons. The molecule has 1 amide bonds. The Labute approximate surface area is 180 Å². The van der Waals surface area contributed by atoms with Crippen LogP contribution >= 0.6 is 0 Å². The second-order valence-corrected chi connectivity index (χ2v) is 10.3. The van der Waals surface area contributed by atoms with Crippen molar-refractivity contribution in [2.75, 3.05) is 55.5 Å². The molecule has 2 unspecified atom stereocenters. The van der Waals surface area contributed by atoms with Gasteiger partial charge in [-0.3, -0.25) is 9.08 Å². The number of amides is 1. The van der Waals surface area contributed by atoms with Crippen LogP contribution in [0.3, 0.4) is 0 Å². The lowest BCUT2D eigenvalue weighted by Gasteiger charge is -2.26. The second-order valence-electron chi connectivity index (χ2n) is 8.68. The average Bonchev–Trinajstić information content (AvgIpc) is 3.44. The van der Waals surface area contributed by atoms with Crippen LogP contribution < -0.4 is 9.80 Å². The zero-order valence-corrected chi connectivity index (χ0v) is 18.0. The first-order valence-corrected chi connectivity index (χ1v) is 12.2. The third kappa shape index (κ3) is 4.11. The van der Waals surface area contributed by atoms with Crippen molar-refractivity contribution in [2.45, 2.75) is 24.7 Å². The Balaban J connectivity index is 1.23. The van der Waals surface area contributed by atoms with Gasteiger partial charge in [0.2, 0.25) is 0 Å². The molecule has 1 aromatic rings. The monoisotopic (exact) mass is 456 g/mol. The van der Waals surface area contributed by atoms with Crippen LogP contribution in [0.5, 0.6) is 0 Å². The number of nitrogens with zero attached hydrogens (tertiary/aromatic N) is 2. The summed E-state index contributed by atoms with van der Waals surface area (Å²) in [6.07, 6.45) is 1.20. The molecule has 1 aromatic carbocycles. The lowest BCUT2D eigenvalue weighted by Crippen LogP contribution is -2.31. The molecule has 3 heterocycles. The Kier molecular flexibility index (Phi) is 5.11. The van der Waals surface area contributed by atoms with E-state index in [1.54, 1.807) is 12.1 Å². The summed E-state index contributed by atoms with van der Waals surface area (Å²) in [6, 6.07) is 4.67. The maximum Gasteiger partial charge on any atom is 0.414 e. The molecule has 3 aliphatic heterocycles. The van der Waals surface area contributed by atoms with Gasteiger partial charge in [0.25, 0.3) is 10.1 Å². The maximum absolute atomic E-state index is 15.0. The highest BCUT2D eigenvalue weighted by Gasteiger charge is 2.52. The number of halogens is 1. The van der Waals surface area contributed by atoms with Crippen LogP contribution in [-0.2, 0) is 28.5 Å². The molecule has 4 aliphatic rings. The molecule has 170 valence electrons. The van der Waals surface area contributed by atoms with Gasteiger partial charge in [-0.1, -0.05) is 0 Å². The van der Waals surface area contributed by atoms with Crippen molar-refractivity contribution in [3.05, 3.63) is 24.0 Å².